The van der Waals surface area contributed by atoms with E-state index in [1.807, 2.05) is 19.9 Å². The second kappa shape index (κ2) is 6.16. The average molecular weight is 299 g/mol. The van der Waals surface area contributed by atoms with Gasteiger partial charge in [-0.1, -0.05) is 17.7 Å². The van der Waals surface area contributed by atoms with Crippen LogP contribution < -0.4 is 5.32 Å². The standard InChI is InChI=1S/C17H21N3S/c1-11-4-7-16(14(8-11)10-18-15-5-6-15)21-17-19-12(2)9-13(3)20-17/h4,7-9,15,18H,5-6,10H2,1-3H3. The Kier molecular flexibility index (Phi) is 4.27. The van der Waals surface area contributed by atoms with Crippen LogP contribution in [-0.4, -0.2) is 16.0 Å². The number of aryl methyl sites for hydroxylation is 3. The highest BCUT2D eigenvalue weighted by Gasteiger charge is 2.20. The van der Waals surface area contributed by atoms with Crippen molar-refractivity contribution >= 4 is 11.8 Å². The second-order valence-electron chi connectivity index (χ2n) is 5.80. The predicted molar refractivity (Wildman–Crippen MR) is 86.7 cm³/mol. The van der Waals surface area contributed by atoms with Crippen LogP contribution in [0.4, 0.5) is 0 Å². The summed E-state index contributed by atoms with van der Waals surface area (Å²) in [4.78, 5) is 10.3. The van der Waals surface area contributed by atoms with Crippen LogP contribution in [0.1, 0.15) is 35.4 Å². The highest BCUT2D eigenvalue weighted by molar-refractivity contribution is 7.99. The highest BCUT2D eigenvalue weighted by atomic mass is 32.2. The fraction of sp³-hybridized carbons (Fsp3) is 0.412. The van der Waals surface area contributed by atoms with Crippen LogP contribution in [0.2, 0.25) is 0 Å². The van der Waals surface area contributed by atoms with Gasteiger partial charge >= 0.3 is 0 Å². The number of hydrogen-bond acceptors (Lipinski definition) is 4. The molecule has 1 aromatic carbocycles. The Bertz CT molecular complexity index is 630. The maximum absolute atomic E-state index is 4.53. The molecule has 1 aliphatic rings. The lowest BCUT2D eigenvalue weighted by atomic mass is 10.1. The van der Waals surface area contributed by atoms with Gasteiger partial charge in [0.25, 0.3) is 0 Å². The van der Waals surface area contributed by atoms with E-state index in [0.717, 1.165) is 29.1 Å². The van der Waals surface area contributed by atoms with Crippen molar-refractivity contribution in [3.8, 4) is 0 Å². The largest absolute Gasteiger partial charge is 0.310 e. The molecular formula is C17H21N3S. The SMILES string of the molecule is Cc1ccc(Sc2nc(C)cc(C)n2)c(CNC2CC2)c1. The maximum Gasteiger partial charge on any atom is 0.192 e. The molecule has 0 atom stereocenters. The van der Waals surface area contributed by atoms with E-state index >= 15 is 0 Å². The topological polar surface area (TPSA) is 37.8 Å². The third-order valence-corrected chi connectivity index (χ3v) is 4.52. The van der Waals surface area contributed by atoms with E-state index in [-0.39, 0.29) is 0 Å². The second-order valence-corrected chi connectivity index (χ2v) is 6.81. The van der Waals surface area contributed by atoms with Gasteiger partial charge in [0.1, 0.15) is 0 Å². The highest BCUT2D eigenvalue weighted by Crippen LogP contribution is 2.30. The van der Waals surface area contributed by atoms with E-state index in [2.05, 4.69) is 40.4 Å². The molecule has 21 heavy (non-hydrogen) atoms. The van der Waals surface area contributed by atoms with Gasteiger partial charge in [-0.2, -0.15) is 0 Å². The molecule has 1 fully saturated rings. The lowest BCUT2D eigenvalue weighted by molar-refractivity contribution is 0.680. The minimum Gasteiger partial charge on any atom is -0.310 e. The molecule has 110 valence electrons. The fourth-order valence-corrected chi connectivity index (χ4v) is 3.30. The molecule has 1 heterocycles. The minimum absolute atomic E-state index is 0.723. The minimum atomic E-state index is 0.723. The van der Waals surface area contributed by atoms with Gasteiger partial charge in [0.15, 0.2) is 5.16 Å². The van der Waals surface area contributed by atoms with Gasteiger partial charge < -0.3 is 5.32 Å². The number of nitrogens with one attached hydrogen (secondary N) is 1. The Morgan fingerprint density at radius 2 is 1.81 bits per heavy atom. The zero-order valence-electron chi connectivity index (χ0n) is 12.8. The van der Waals surface area contributed by atoms with Crippen molar-refractivity contribution in [3.05, 3.63) is 46.8 Å². The Labute approximate surface area is 130 Å². The predicted octanol–water partition coefficient (Wildman–Crippen LogP) is 3.81. The van der Waals surface area contributed by atoms with E-state index < -0.39 is 0 Å². The van der Waals surface area contributed by atoms with Crippen LogP contribution in [0, 0.1) is 20.8 Å². The molecule has 1 aromatic heterocycles. The fourth-order valence-electron chi connectivity index (χ4n) is 2.33. The number of nitrogens with zero attached hydrogens (tertiary/aromatic N) is 2. The van der Waals surface area contributed by atoms with Gasteiger partial charge in [0.2, 0.25) is 0 Å². The van der Waals surface area contributed by atoms with Crippen LogP contribution in [0.3, 0.4) is 0 Å². The van der Waals surface area contributed by atoms with Gasteiger partial charge in [0.05, 0.1) is 0 Å². The molecule has 0 unspecified atom stereocenters. The third-order valence-electron chi connectivity index (χ3n) is 3.54. The molecule has 0 amide bonds. The number of aromatic nitrogens is 2. The average Bonchev–Trinajstić information content (AvgIpc) is 3.22. The Balaban J connectivity index is 1.82. The zero-order valence-corrected chi connectivity index (χ0v) is 13.6. The van der Waals surface area contributed by atoms with Crippen molar-refractivity contribution in [2.45, 2.75) is 56.3 Å². The van der Waals surface area contributed by atoms with E-state index in [0.29, 0.717) is 0 Å². The van der Waals surface area contributed by atoms with Crippen LogP contribution in [0.25, 0.3) is 0 Å². The van der Waals surface area contributed by atoms with Crippen molar-refractivity contribution in [3.63, 3.8) is 0 Å². The van der Waals surface area contributed by atoms with E-state index in [1.165, 1.54) is 28.9 Å². The smallest absolute Gasteiger partial charge is 0.192 e. The molecule has 0 spiro atoms. The van der Waals surface area contributed by atoms with E-state index in [1.54, 1.807) is 11.8 Å². The number of hydrogen-bond donors (Lipinski definition) is 1. The first-order valence-corrected chi connectivity index (χ1v) is 8.25. The lowest BCUT2D eigenvalue weighted by Crippen LogP contribution is -2.16. The van der Waals surface area contributed by atoms with Crippen LogP contribution >= 0.6 is 11.8 Å². The summed E-state index contributed by atoms with van der Waals surface area (Å²) in [5, 5.41) is 4.43. The molecule has 3 rings (SSSR count). The maximum atomic E-state index is 4.53. The zero-order chi connectivity index (χ0) is 14.8. The summed E-state index contributed by atoms with van der Waals surface area (Å²) in [6.45, 7) is 7.11. The summed E-state index contributed by atoms with van der Waals surface area (Å²) in [5.41, 5.74) is 4.69. The normalized spacial score (nSPS) is 14.4. The van der Waals surface area contributed by atoms with Crippen molar-refractivity contribution in [2.75, 3.05) is 0 Å². The number of rotatable bonds is 5. The number of benzene rings is 1. The van der Waals surface area contributed by atoms with E-state index in [4.69, 9.17) is 0 Å². The Hall–Kier alpha value is -1.39. The molecule has 0 aliphatic heterocycles. The van der Waals surface area contributed by atoms with Crippen molar-refractivity contribution in [1.82, 2.24) is 15.3 Å². The van der Waals surface area contributed by atoms with Crippen LogP contribution in [0.5, 0.6) is 0 Å². The van der Waals surface area contributed by atoms with Gasteiger partial charge in [-0.05, 0) is 63.1 Å². The van der Waals surface area contributed by atoms with Crippen molar-refractivity contribution in [2.24, 2.45) is 0 Å². The van der Waals surface area contributed by atoms with Gasteiger partial charge in [-0.25, -0.2) is 9.97 Å². The molecule has 0 radical (unpaired) electrons. The molecule has 0 saturated heterocycles. The molecule has 1 N–H and O–H groups in total. The lowest BCUT2D eigenvalue weighted by Gasteiger charge is -2.11. The van der Waals surface area contributed by atoms with Gasteiger partial charge in [-0.15, -0.1) is 0 Å². The van der Waals surface area contributed by atoms with Crippen molar-refractivity contribution in [1.29, 1.82) is 0 Å². The monoisotopic (exact) mass is 299 g/mol. The Morgan fingerprint density at radius 1 is 1.10 bits per heavy atom. The first-order chi connectivity index (χ1) is 10.1. The Morgan fingerprint density at radius 3 is 2.48 bits per heavy atom. The third kappa shape index (κ3) is 4.05. The molecule has 1 saturated carbocycles. The van der Waals surface area contributed by atoms with Gasteiger partial charge in [-0.3, -0.25) is 0 Å². The molecule has 2 aromatic rings. The summed E-state index contributed by atoms with van der Waals surface area (Å²) in [6.07, 6.45) is 2.63. The summed E-state index contributed by atoms with van der Waals surface area (Å²) < 4.78 is 0. The molecule has 1 aliphatic carbocycles. The molecule has 0 bridgehead atoms. The van der Waals surface area contributed by atoms with Gasteiger partial charge in [0, 0.05) is 28.9 Å². The summed E-state index contributed by atoms with van der Waals surface area (Å²) >= 11 is 1.66. The molecule has 3 nitrogen and oxygen atoms in total. The van der Waals surface area contributed by atoms with Crippen LogP contribution in [0.15, 0.2) is 34.3 Å². The first kappa shape index (κ1) is 14.5. The molecular weight excluding hydrogens is 278 g/mol. The summed E-state index contributed by atoms with van der Waals surface area (Å²) in [5.74, 6) is 0. The summed E-state index contributed by atoms with van der Waals surface area (Å²) in [7, 11) is 0. The quantitative estimate of drug-likeness (QED) is 0.852. The van der Waals surface area contributed by atoms with Crippen LogP contribution in [-0.2, 0) is 6.54 Å². The van der Waals surface area contributed by atoms with Crippen molar-refractivity contribution < 1.29 is 0 Å². The van der Waals surface area contributed by atoms with E-state index in [9.17, 15) is 0 Å². The summed E-state index contributed by atoms with van der Waals surface area (Å²) in [6, 6.07) is 9.34. The molecule has 4 heteroatoms. The first-order valence-electron chi connectivity index (χ1n) is 7.43.